The van der Waals surface area contributed by atoms with E-state index in [2.05, 4.69) is 0 Å². The predicted octanol–water partition coefficient (Wildman–Crippen LogP) is 2.20. The molecule has 2 N–H and O–H groups in total. The lowest BCUT2D eigenvalue weighted by Crippen LogP contribution is -2.18. The molecule has 0 amide bonds. The van der Waals surface area contributed by atoms with Gasteiger partial charge in [0.15, 0.2) is 0 Å². The third-order valence-electron chi connectivity index (χ3n) is 2.24. The van der Waals surface area contributed by atoms with Crippen LogP contribution in [0.2, 0.25) is 8.67 Å². The molecule has 1 aliphatic rings. The first-order valence-corrected chi connectivity index (χ1v) is 7.04. The van der Waals surface area contributed by atoms with Crippen LogP contribution in [-0.2, 0) is 10.0 Å². The molecule has 0 radical (unpaired) electrons. The first-order chi connectivity index (χ1) is 6.39. The Bertz CT molecular complexity index is 468. The van der Waals surface area contributed by atoms with E-state index in [-0.39, 0.29) is 5.92 Å². The maximum absolute atomic E-state index is 11.0. The van der Waals surface area contributed by atoms with Gasteiger partial charge in [0, 0.05) is 5.92 Å². The SMILES string of the molecule is NS(=O)(=O)C1CC1c1cc(Cl)sc1Cl. The minimum atomic E-state index is -3.43. The molecule has 0 aliphatic heterocycles. The van der Waals surface area contributed by atoms with Crippen LogP contribution in [0.3, 0.4) is 0 Å². The summed E-state index contributed by atoms with van der Waals surface area (Å²) < 4.78 is 23.1. The second kappa shape index (κ2) is 3.35. The lowest BCUT2D eigenvalue weighted by molar-refractivity contribution is 0.595. The number of primary sulfonamides is 1. The average Bonchev–Trinajstić information content (AvgIpc) is 2.72. The van der Waals surface area contributed by atoms with Crippen molar-refractivity contribution in [3.8, 4) is 0 Å². The Morgan fingerprint density at radius 3 is 2.50 bits per heavy atom. The van der Waals surface area contributed by atoms with Crippen LogP contribution in [0.25, 0.3) is 0 Å². The molecule has 2 rings (SSSR count). The molecule has 7 heteroatoms. The van der Waals surface area contributed by atoms with Gasteiger partial charge in [0.1, 0.15) is 0 Å². The van der Waals surface area contributed by atoms with Crippen molar-refractivity contribution in [1.29, 1.82) is 0 Å². The van der Waals surface area contributed by atoms with Gasteiger partial charge in [0.25, 0.3) is 0 Å². The largest absolute Gasteiger partial charge is 0.228 e. The zero-order chi connectivity index (χ0) is 10.5. The number of thiophene rings is 1. The normalized spacial score (nSPS) is 26.5. The standard InChI is InChI=1S/C7H7Cl2NO2S2/c8-6-2-4(7(9)13-6)3-1-5(3)14(10,11)12/h2-3,5H,1H2,(H2,10,11,12). The summed E-state index contributed by atoms with van der Waals surface area (Å²) in [4.78, 5) is 0. The lowest BCUT2D eigenvalue weighted by atomic mass is 10.2. The van der Waals surface area contributed by atoms with Gasteiger partial charge in [-0.05, 0) is 18.1 Å². The van der Waals surface area contributed by atoms with Crippen molar-refractivity contribution in [3.05, 3.63) is 20.3 Å². The van der Waals surface area contributed by atoms with Crippen LogP contribution in [-0.4, -0.2) is 13.7 Å². The molecule has 1 fully saturated rings. The topological polar surface area (TPSA) is 60.2 Å². The van der Waals surface area contributed by atoms with Crippen LogP contribution < -0.4 is 5.14 Å². The van der Waals surface area contributed by atoms with E-state index >= 15 is 0 Å². The van der Waals surface area contributed by atoms with Gasteiger partial charge < -0.3 is 0 Å². The van der Waals surface area contributed by atoms with Gasteiger partial charge in [-0.1, -0.05) is 23.2 Å². The summed E-state index contributed by atoms with van der Waals surface area (Å²) >= 11 is 12.9. The molecule has 0 aromatic carbocycles. The summed E-state index contributed by atoms with van der Waals surface area (Å²) in [6.07, 6.45) is 0.547. The fourth-order valence-corrected chi connectivity index (χ4v) is 4.14. The molecule has 0 bridgehead atoms. The summed E-state index contributed by atoms with van der Waals surface area (Å²) in [5.41, 5.74) is 0.806. The zero-order valence-electron chi connectivity index (χ0n) is 6.91. The molecule has 14 heavy (non-hydrogen) atoms. The molecule has 78 valence electrons. The summed E-state index contributed by atoms with van der Waals surface area (Å²) in [5, 5.41) is 4.54. The number of nitrogens with two attached hydrogens (primary N) is 1. The molecule has 3 nitrogen and oxygen atoms in total. The molecule has 1 aromatic rings. The molecular weight excluding hydrogens is 265 g/mol. The van der Waals surface area contributed by atoms with Crippen molar-refractivity contribution in [3.63, 3.8) is 0 Å². The zero-order valence-corrected chi connectivity index (χ0v) is 10.1. The Morgan fingerprint density at radius 1 is 1.50 bits per heavy atom. The van der Waals surface area contributed by atoms with E-state index in [1.54, 1.807) is 6.07 Å². The number of hydrogen-bond donors (Lipinski definition) is 1. The molecule has 1 heterocycles. The van der Waals surface area contributed by atoms with E-state index in [0.29, 0.717) is 15.1 Å². The smallest absolute Gasteiger partial charge is 0.212 e. The van der Waals surface area contributed by atoms with E-state index in [1.807, 2.05) is 0 Å². The number of sulfonamides is 1. The van der Waals surface area contributed by atoms with E-state index in [9.17, 15) is 8.42 Å². The van der Waals surface area contributed by atoms with Gasteiger partial charge in [-0.15, -0.1) is 11.3 Å². The highest BCUT2D eigenvalue weighted by Gasteiger charge is 2.47. The number of halogens is 2. The van der Waals surface area contributed by atoms with Crippen molar-refractivity contribution in [2.75, 3.05) is 0 Å². The molecule has 0 saturated heterocycles. The summed E-state index contributed by atoms with van der Waals surface area (Å²) in [5.74, 6) is -0.0683. The van der Waals surface area contributed by atoms with Crippen molar-refractivity contribution in [2.24, 2.45) is 5.14 Å². The van der Waals surface area contributed by atoms with Crippen LogP contribution in [0.1, 0.15) is 17.9 Å². The fraction of sp³-hybridized carbons (Fsp3) is 0.429. The summed E-state index contributed by atoms with van der Waals surface area (Å²) in [7, 11) is -3.43. The van der Waals surface area contributed by atoms with Gasteiger partial charge in [0.2, 0.25) is 10.0 Å². The Labute approximate surface area is 95.9 Å². The van der Waals surface area contributed by atoms with E-state index in [4.69, 9.17) is 28.3 Å². The third-order valence-corrected chi connectivity index (χ3v) is 5.12. The maximum atomic E-state index is 11.0. The fourth-order valence-electron chi connectivity index (χ4n) is 1.47. The predicted molar refractivity (Wildman–Crippen MR) is 58.6 cm³/mol. The van der Waals surface area contributed by atoms with Gasteiger partial charge >= 0.3 is 0 Å². The van der Waals surface area contributed by atoms with Crippen LogP contribution in [0.4, 0.5) is 0 Å². The average molecular weight is 272 g/mol. The molecule has 2 atom stereocenters. The second-order valence-corrected chi connectivity index (χ2v) is 7.32. The Morgan fingerprint density at radius 2 is 2.14 bits per heavy atom. The Hall–Kier alpha value is 0.190. The van der Waals surface area contributed by atoms with E-state index in [0.717, 1.165) is 5.56 Å². The van der Waals surface area contributed by atoms with Crippen molar-refractivity contribution >= 4 is 44.6 Å². The molecule has 1 aromatic heterocycles. The van der Waals surface area contributed by atoms with Crippen LogP contribution >= 0.6 is 34.5 Å². The first kappa shape index (κ1) is 10.7. The quantitative estimate of drug-likeness (QED) is 0.897. The first-order valence-electron chi connectivity index (χ1n) is 3.86. The maximum Gasteiger partial charge on any atom is 0.212 e. The molecule has 2 unspecified atom stereocenters. The summed E-state index contributed by atoms with van der Waals surface area (Å²) in [6, 6.07) is 1.71. The van der Waals surface area contributed by atoms with Gasteiger partial charge in [0.05, 0.1) is 13.9 Å². The van der Waals surface area contributed by atoms with Crippen LogP contribution in [0.15, 0.2) is 6.07 Å². The highest BCUT2D eigenvalue weighted by Crippen LogP contribution is 2.50. The van der Waals surface area contributed by atoms with Gasteiger partial charge in [-0.2, -0.15) is 0 Å². The van der Waals surface area contributed by atoms with Crippen molar-refractivity contribution < 1.29 is 8.42 Å². The monoisotopic (exact) mass is 271 g/mol. The minimum absolute atomic E-state index is 0.0683. The van der Waals surface area contributed by atoms with Crippen molar-refractivity contribution in [1.82, 2.24) is 0 Å². The number of hydrogen-bond acceptors (Lipinski definition) is 3. The highest BCUT2D eigenvalue weighted by molar-refractivity contribution is 7.90. The van der Waals surface area contributed by atoms with E-state index in [1.165, 1.54) is 11.3 Å². The Kier molecular flexibility index (Phi) is 2.56. The second-order valence-electron chi connectivity index (χ2n) is 3.25. The van der Waals surface area contributed by atoms with E-state index < -0.39 is 15.3 Å². The molecule has 1 aliphatic carbocycles. The molecular formula is C7H7Cl2NO2S2. The van der Waals surface area contributed by atoms with Crippen LogP contribution in [0.5, 0.6) is 0 Å². The highest BCUT2D eigenvalue weighted by atomic mass is 35.5. The Balaban J connectivity index is 2.25. The molecule has 0 spiro atoms. The molecule has 1 saturated carbocycles. The van der Waals surface area contributed by atoms with Crippen molar-refractivity contribution in [2.45, 2.75) is 17.6 Å². The van der Waals surface area contributed by atoms with Crippen LogP contribution in [0, 0.1) is 0 Å². The third kappa shape index (κ3) is 1.92. The number of rotatable bonds is 2. The lowest BCUT2D eigenvalue weighted by Gasteiger charge is -1.95. The van der Waals surface area contributed by atoms with Gasteiger partial charge in [-0.3, -0.25) is 0 Å². The minimum Gasteiger partial charge on any atom is -0.228 e. The summed E-state index contributed by atoms with van der Waals surface area (Å²) in [6.45, 7) is 0. The van der Waals surface area contributed by atoms with Gasteiger partial charge in [-0.25, -0.2) is 13.6 Å².